The number of hydrogen-bond acceptors (Lipinski definition) is 3. The number of carbonyl (C=O) groups is 2. The number of amides is 1. The van der Waals surface area contributed by atoms with Crippen molar-refractivity contribution in [1.29, 1.82) is 0 Å². The second-order valence-electron chi connectivity index (χ2n) is 3.92. The molecule has 92 valence electrons. The van der Waals surface area contributed by atoms with Crippen LogP contribution in [0.1, 0.15) is 34.8 Å². The normalized spacial score (nSPS) is 9.82. The number of aldehydes is 1. The summed E-state index contributed by atoms with van der Waals surface area (Å²) in [5.74, 6) is 0.518. The van der Waals surface area contributed by atoms with Crippen LogP contribution in [0.15, 0.2) is 12.1 Å². The van der Waals surface area contributed by atoms with E-state index in [0.29, 0.717) is 17.9 Å². The first-order valence-corrected chi connectivity index (χ1v) is 5.60. The molecular formula is C13H17NO3. The molecule has 0 radical (unpaired) electrons. The monoisotopic (exact) mass is 235 g/mol. The predicted molar refractivity (Wildman–Crippen MR) is 65.6 cm³/mol. The average molecular weight is 235 g/mol. The Morgan fingerprint density at radius 2 is 1.94 bits per heavy atom. The molecule has 17 heavy (non-hydrogen) atoms. The molecule has 1 rings (SSSR count). The fourth-order valence-electron chi connectivity index (χ4n) is 1.57. The number of ether oxygens (including phenoxy) is 1. The maximum Gasteiger partial charge on any atom is 0.412 e. The van der Waals surface area contributed by atoms with Gasteiger partial charge in [-0.25, -0.2) is 4.79 Å². The van der Waals surface area contributed by atoms with E-state index in [2.05, 4.69) is 5.32 Å². The van der Waals surface area contributed by atoms with Gasteiger partial charge < -0.3 is 10.1 Å². The molecule has 0 aliphatic rings. The highest BCUT2D eigenvalue weighted by molar-refractivity contribution is 5.77. The summed E-state index contributed by atoms with van der Waals surface area (Å²) in [6.07, 6.45) is 1.18. The van der Waals surface area contributed by atoms with Crippen molar-refractivity contribution in [2.75, 3.05) is 6.54 Å². The van der Waals surface area contributed by atoms with E-state index < -0.39 is 6.09 Å². The van der Waals surface area contributed by atoms with Crippen LogP contribution in [-0.4, -0.2) is 18.9 Å². The van der Waals surface area contributed by atoms with Crippen LogP contribution in [0.5, 0.6) is 5.75 Å². The standard InChI is InChI=1S/C13H17NO3/c1-4-5-14-13(16)17-12-9(2)6-11(8-15)7-10(12)3/h6-8H,4-5H2,1-3H3,(H,14,16). The van der Waals surface area contributed by atoms with E-state index >= 15 is 0 Å². The van der Waals surface area contributed by atoms with Gasteiger partial charge in [0.25, 0.3) is 0 Å². The molecule has 0 saturated heterocycles. The van der Waals surface area contributed by atoms with Crippen molar-refractivity contribution >= 4 is 12.4 Å². The summed E-state index contributed by atoms with van der Waals surface area (Å²) in [4.78, 5) is 22.1. The van der Waals surface area contributed by atoms with Gasteiger partial charge in [0.05, 0.1) is 0 Å². The van der Waals surface area contributed by atoms with Gasteiger partial charge in [-0.15, -0.1) is 0 Å². The maximum atomic E-state index is 11.4. The minimum atomic E-state index is -0.461. The molecule has 0 atom stereocenters. The van der Waals surface area contributed by atoms with Crippen LogP contribution < -0.4 is 10.1 Å². The first-order chi connectivity index (χ1) is 8.08. The van der Waals surface area contributed by atoms with Gasteiger partial charge in [0.15, 0.2) is 0 Å². The molecule has 0 bridgehead atoms. The molecule has 0 aliphatic carbocycles. The molecule has 4 heteroatoms. The fraction of sp³-hybridized carbons (Fsp3) is 0.385. The van der Waals surface area contributed by atoms with E-state index in [9.17, 15) is 9.59 Å². The van der Waals surface area contributed by atoms with Crippen LogP contribution in [0, 0.1) is 13.8 Å². The van der Waals surface area contributed by atoms with Crippen molar-refractivity contribution in [1.82, 2.24) is 5.32 Å². The maximum absolute atomic E-state index is 11.4. The molecule has 1 amide bonds. The molecule has 0 spiro atoms. The Balaban J connectivity index is 2.84. The summed E-state index contributed by atoms with van der Waals surface area (Å²) < 4.78 is 5.21. The summed E-state index contributed by atoms with van der Waals surface area (Å²) in [6.45, 7) is 6.17. The second-order valence-corrected chi connectivity index (χ2v) is 3.92. The fourth-order valence-corrected chi connectivity index (χ4v) is 1.57. The van der Waals surface area contributed by atoms with Crippen molar-refractivity contribution in [3.05, 3.63) is 28.8 Å². The minimum Gasteiger partial charge on any atom is -0.410 e. The van der Waals surface area contributed by atoms with E-state index in [1.54, 1.807) is 12.1 Å². The number of hydrogen-bond donors (Lipinski definition) is 1. The summed E-state index contributed by atoms with van der Waals surface area (Å²) in [5.41, 5.74) is 2.14. The zero-order chi connectivity index (χ0) is 12.8. The molecule has 1 aromatic carbocycles. The molecule has 4 nitrogen and oxygen atoms in total. The third kappa shape index (κ3) is 3.59. The van der Waals surface area contributed by atoms with Crippen molar-refractivity contribution in [3.63, 3.8) is 0 Å². The van der Waals surface area contributed by atoms with Crippen LogP contribution in [0.2, 0.25) is 0 Å². The van der Waals surface area contributed by atoms with E-state index in [-0.39, 0.29) is 0 Å². The van der Waals surface area contributed by atoms with E-state index in [4.69, 9.17) is 4.74 Å². The van der Waals surface area contributed by atoms with Crippen LogP contribution >= 0.6 is 0 Å². The van der Waals surface area contributed by atoms with Gasteiger partial charge in [0.1, 0.15) is 12.0 Å². The zero-order valence-electron chi connectivity index (χ0n) is 10.4. The molecule has 0 heterocycles. The zero-order valence-corrected chi connectivity index (χ0v) is 10.4. The number of aryl methyl sites for hydroxylation is 2. The Morgan fingerprint density at radius 3 is 2.41 bits per heavy atom. The molecule has 0 aromatic heterocycles. The van der Waals surface area contributed by atoms with Crippen LogP contribution in [0.25, 0.3) is 0 Å². The molecular weight excluding hydrogens is 218 g/mol. The third-order valence-corrected chi connectivity index (χ3v) is 2.33. The highest BCUT2D eigenvalue weighted by Gasteiger charge is 2.10. The Kier molecular flexibility index (Phi) is 4.69. The van der Waals surface area contributed by atoms with Gasteiger partial charge in [-0.05, 0) is 43.5 Å². The highest BCUT2D eigenvalue weighted by Crippen LogP contribution is 2.24. The van der Waals surface area contributed by atoms with Crippen molar-refractivity contribution < 1.29 is 14.3 Å². The molecule has 0 fully saturated rings. The summed E-state index contributed by atoms with van der Waals surface area (Å²) in [6, 6.07) is 3.39. The van der Waals surface area contributed by atoms with E-state index in [0.717, 1.165) is 23.8 Å². The van der Waals surface area contributed by atoms with Gasteiger partial charge in [0, 0.05) is 12.1 Å². The lowest BCUT2D eigenvalue weighted by atomic mass is 10.1. The Morgan fingerprint density at radius 1 is 1.35 bits per heavy atom. The minimum absolute atomic E-state index is 0.461. The quantitative estimate of drug-likeness (QED) is 0.816. The average Bonchev–Trinajstić information content (AvgIpc) is 2.30. The first-order valence-electron chi connectivity index (χ1n) is 5.60. The number of nitrogens with one attached hydrogen (secondary N) is 1. The van der Waals surface area contributed by atoms with Gasteiger partial charge in [-0.3, -0.25) is 4.79 Å². The molecule has 0 aliphatic heterocycles. The first kappa shape index (κ1) is 13.2. The summed E-state index contributed by atoms with van der Waals surface area (Å²) in [5, 5.41) is 2.63. The Bertz CT molecular complexity index is 404. The van der Waals surface area contributed by atoms with Crippen molar-refractivity contribution in [2.45, 2.75) is 27.2 Å². The predicted octanol–water partition coefficient (Wildman–Crippen LogP) is 2.61. The molecule has 1 N–H and O–H groups in total. The lowest BCUT2D eigenvalue weighted by molar-refractivity contribution is 0.112. The van der Waals surface area contributed by atoms with Gasteiger partial charge in [-0.2, -0.15) is 0 Å². The molecule has 0 saturated carbocycles. The molecule has 1 aromatic rings. The Hall–Kier alpha value is -1.84. The second kappa shape index (κ2) is 6.03. The summed E-state index contributed by atoms with van der Waals surface area (Å²) >= 11 is 0. The van der Waals surface area contributed by atoms with Crippen molar-refractivity contribution in [3.8, 4) is 5.75 Å². The van der Waals surface area contributed by atoms with Crippen LogP contribution in [0.4, 0.5) is 4.79 Å². The number of rotatable bonds is 4. The largest absolute Gasteiger partial charge is 0.412 e. The van der Waals surface area contributed by atoms with E-state index in [1.165, 1.54) is 0 Å². The number of benzene rings is 1. The SMILES string of the molecule is CCCNC(=O)Oc1c(C)cc(C=O)cc1C. The topological polar surface area (TPSA) is 55.4 Å². The lowest BCUT2D eigenvalue weighted by Gasteiger charge is -2.11. The molecule has 0 unspecified atom stereocenters. The third-order valence-electron chi connectivity index (χ3n) is 2.33. The van der Waals surface area contributed by atoms with Gasteiger partial charge in [0.2, 0.25) is 0 Å². The highest BCUT2D eigenvalue weighted by atomic mass is 16.6. The number of carbonyl (C=O) groups excluding carboxylic acids is 2. The summed E-state index contributed by atoms with van der Waals surface area (Å²) in [7, 11) is 0. The van der Waals surface area contributed by atoms with Crippen LogP contribution in [-0.2, 0) is 0 Å². The van der Waals surface area contributed by atoms with Crippen LogP contribution in [0.3, 0.4) is 0 Å². The lowest BCUT2D eigenvalue weighted by Crippen LogP contribution is -2.27. The Labute approximate surface area is 101 Å². The van der Waals surface area contributed by atoms with E-state index in [1.807, 2.05) is 20.8 Å². The smallest absolute Gasteiger partial charge is 0.410 e. The van der Waals surface area contributed by atoms with Gasteiger partial charge >= 0.3 is 6.09 Å². The van der Waals surface area contributed by atoms with Crippen molar-refractivity contribution in [2.24, 2.45) is 0 Å². The van der Waals surface area contributed by atoms with Gasteiger partial charge in [-0.1, -0.05) is 6.92 Å².